The highest BCUT2D eigenvalue weighted by molar-refractivity contribution is 5.85. The van der Waals surface area contributed by atoms with Crippen LogP contribution in [0.2, 0.25) is 0 Å². The van der Waals surface area contributed by atoms with Crippen molar-refractivity contribution in [3.8, 4) is 0 Å². The van der Waals surface area contributed by atoms with E-state index in [1.54, 1.807) is 0 Å². The van der Waals surface area contributed by atoms with Crippen molar-refractivity contribution < 1.29 is 31.5 Å². The van der Waals surface area contributed by atoms with Gasteiger partial charge in [0.15, 0.2) is 0 Å². The van der Waals surface area contributed by atoms with Gasteiger partial charge in [-0.05, 0) is 5.92 Å². The topological polar surface area (TPSA) is 58.2 Å². The van der Waals surface area contributed by atoms with Crippen LogP contribution in [0.15, 0.2) is 0 Å². The second kappa shape index (κ2) is 6.67. The molecule has 112 valence electrons. The summed E-state index contributed by atoms with van der Waals surface area (Å²) >= 11 is 0. The minimum atomic E-state index is -5.95. The lowest BCUT2D eigenvalue weighted by Gasteiger charge is -2.18. The van der Waals surface area contributed by atoms with E-state index in [1.807, 2.05) is 13.8 Å². The fraction of sp³-hybridized carbons (Fsp3) is 0.800. The molecule has 2 amide bonds. The second-order valence-corrected chi connectivity index (χ2v) is 4.28. The smallest absolute Gasteiger partial charge is 0.356 e. The molecule has 0 fully saturated rings. The molecular weight excluding hydrogens is 275 g/mol. The van der Waals surface area contributed by atoms with E-state index < -0.39 is 30.5 Å². The molecular formula is C10H15F5N2O2. The maximum absolute atomic E-state index is 12.5. The number of alkyl halides is 5. The van der Waals surface area contributed by atoms with Gasteiger partial charge < -0.3 is 10.6 Å². The number of amides is 2. The summed E-state index contributed by atoms with van der Waals surface area (Å²) in [5.74, 6) is -8.28. The van der Waals surface area contributed by atoms with Crippen LogP contribution < -0.4 is 10.6 Å². The summed E-state index contributed by atoms with van der Waals surface area (Å²) in [4.78, 5) is 21.7. The summed E-state index contributed by atoms with van der Waals surface area (Å²) in [7, 11) is 0. The summed E-state index contributed by atoms with van der Waals surface area (Å²) < 4.78 is 60.3. The van der Waals surface area contributed by atoms with Crippen LogP contribution in [0.1, 0.15) is 20.3 Å². The molecule has 4 nitrogen and oxygen atoms in total. The molecule has 0 aromatic rings. The Bertz CT molecular complexity index is 328. The average molecular weight is 290 g/mol. The van der Waals surface area contributed by atoms with Gasteiger partial charge in [0.1, 0.15) is 0 Å². The zero-order valence-corrected chi connectivity index (χ0v) is 10.4. The summed E-state index contributed by atoms with van der Waals surface area (Å²) in [6, 6.07) is 0. The Morgan fingerprint density at radius 3 is 2.00 bits per heavy atom. The van der Waals surface area contributed by atoms with E-state index in [-0.39, 0.29) is 12.3 Å². The van der Waals surface area contributed by atoms with Crippen LogP contribution in [0.4, 0.5) is 22.0 Å². The van der Waals surface area contributed by atoms with Crippen LogP contribution in [0.5, 0.6) is 0 Å². The summed E-state index contributed by atoms with van der Waals surface area (Å²) in [6.07, 6.45) is -6.32. The molecule has 9 heteroatoms. The minimum Gasteiger partial charge on any atom is -0.356 e. The van der Waals surface area contributed by atoms with Crippen molar-refractivity contribution in [1.29, 1.82) is 0 Å². The van der Waals surface area contributed by atoms with Gasteiger partial charge in [-0.1, -0.05) is 13.8 Å². The van der Waals surface area contributed by atoms with Crippen molar-refractivity contribution in [3.63, 3.8) is 0 Å². The normalized spacial score (nSPS) is 12.4. The lowest BCUT2D eigenvalue weighted by Crippen LogP contribution is -2.50. The predicted octanol–water partition coefficient (Wildman–Crippen LogP) is 1.46. The number of rotatable bonds is 6. The predicted molar refractivity (Wildman–Crippen MR) is 56.5 cm³/mol. The summed E-state index contributed by atoms with van der Waals surface area (Å²) in [5, 5.41) is 3.80. The molecule has 0 saturated carbocycles. The van der Waals surface area contributed by atoms with Gasteiger partial charge in [-0.3, -0.25) is 9.59 Å². The van der Waals surface area contributed by atoms with E-state index in [0.29, 0.717) is 6.54 Å². The molecule has 19 heavy (non-hydrogen) atoms. The van der Waals surface area contributed by atoms with Gasteiger partial charge in [0, 0.05) is 19.5 Å². The standard InChI is InChI=1S/C10H15F5N2O2/c1-6(2)5-17-7(18)3-4-16-8(19)9(11,12)10(13,14)15/h6H,3-5H2,1-2H3,(H,16,19)(H,17,18). The largest absolute Gasteiger partial charge is 0.463 e. The number of carbonyl (C=O) groups excluding carboxylic acids is 2. The number of carbonyl (C=O) groups is 2. The maximum atomic E-state index is 12.5. The Labute approximate surface area is 106 Å². The van der Waals surface area contributed by atoms with E-state index in [9.17, 15) is 31.5 Å². The van der Waals surface area contributed by atoms with Gasteiger partial charge in [-0.2, -0.15) is 22.0 Å². The number of nitrogens with one attached hydrogen (secondary N) is 2. The average Bonchev–Trinajstić information content (AvgIpc) is 2.24. The first kappa shape index (κ1) is 17.6. The molecule has 0 aliphatic heterocycles. The van der Waals surface area contributed by atoms with Gasteiger partial charge in [0.05, 0.1) is 0 Å². The number of halogens is 5. The zero-order chi connectivity index (χ0) is 15.3. The molecule has 0 aromatic carbocycles. The molecule has 0 aliphatic rings. The third-order valence-electron chi connectivity index (χ3n) is 1.99. The molecule has 0 aromatic heterocycles. The van der Waals surface area contributed by atoms with Gasteiger partial charge in [-0.15, -0.1) is 0 Å². The van der Waals surface area contributed by atoms with E-state index in [4.69, 9.17) is 0 Å². The van der Waals surface area contributed by atoms with Crippen molar-refractivity contribution in [2.45, 2.75) is 32.4 Å². The van der Waals surface area contributed by atoms with Crippen molar-refractivity contribution in [3.05, 3.63) is 0 Å². The van der Waals surface area contributed by atoms with Crippen LogP contribution >= 0.6 is 0 Å². The molecule has 0 aliphatic carbocycles. The van der Waals surface area contributed by atoms with Crippen LogP contribution in [-0.2, 0) is 9.59 Å². The van der Waals surface area contributed by atoms with Gasteiger partial charge in [0.25, 0.3) is 5.91 Å². The molecule has 0 rings (SSSR count). The summed E-state index contributed by atoms with van der Waals surface area (Å²) in [6.45, 7) is 3.41. The molecule has 2 N–H and O–H groups in total. The lowest BCUT2D eigenvalue weighted by molar-refractivity contribution is -0.269. The minimum absolute atomic E-state index is 0.174. The highest BCUT2D eigenvalue weighted by Crippen LogP contribution is 2.35. The van der Waals surface area contributed by atoms with Crippen molar-refractivity contribution in [1.82, 2.24) is 10.6 Å². The van der Waals surface area contributed by atoms with Crippen LogP contribution in [0.3, 0.4) is 0 Å². The van der Waals surface area contributed by atoms with Crippen LogP contribution in [0, 0.1) is 5.92 Å². The van der Waals surface area contributed by atoms with Gasteiger partial charge in [-0.25, -0.2) is 0 Å². The Morgan fingerprint density at radius 1 is 1.05 bits per heavy atom. The molecule has 0 saturated heterocycles. The molecule has 0 spiro atoms. The maximum Gasteiger partial charge on any atom is 0.463 e. The molecule has 0 heterocycles. The van der Waals surface area contributed by atoms with E-state index in [2.05, 4.69) is 5.32 Å². The van der Waals surface area contributed by atoms with Crippen molar-refractivity contribution in [2.75, 3.05) is 13.1 Å². The Morgan fingerprint density at radius 2 is 1.58 bits per heavy atom. The van der Waals surface area contributed by atoms with Gasteiger partial charge in [0.2, 0.25) is 5.91 Å². The molecule has 0 unspecified atom stereocenters. The SMILES string of the molecule is CC(C)CNC(=O)CCNC(=O)C(F)(F)C(F)(F)F. The van der Waals surface area contributed by atoms with E-state index >= 15 is 0 Å². The van der Waals surface area contributed by atoms with Crippen molar-refractivity contribution in [2.24, 2.45) is 5.92 Å². The molecule has 0 radical (unpaired) electrons. The molecule has 0 bridgehead atoms. The Balaban J connectivity index is 4.09. The number of hydrogen-bond donors (Lipinski definition) is 2. The second-order valence-electron chi connectivity index (χ2n) is 4.28. The monoisotopic (exact) mass is 290 g/mol. The first-order valence-corrected chi connectivity index (χ1v) is 5.48. The molecule has 0 atom stereocenters. The highest BCUT2D eigenvalue weighted by Gasteiger charge is 2.63. The quantitative estimate of drug-likeness (QED) is 0.728. The first-order valence-electron chi connectivity index (χ1n) is 5.48. The van der Waals surface area contributed by atoms with Crippen LogP contribution in [-0.4, -0.2) is 37.0 Å². The highest BCUT2D eigenvalue weighted by atomic mass is 19.4. The van der Waals surface area contributed by atoms with E-state index in [1.165, 1.54) is 5.32 Å². The summed E-state index contributed by atoms with van der Waals surface area (Å²) in [5.41, 5.74) is 0. The van der Waals surface area contributed by atoms with Crippen molar-refractivity contribution >= 4 is 11.8 Å². The third kappa shape index (κ3) is 5.84. The fourth-order valence-electron chi connectivity index (χ4n) is 0.936. The lowest BCUT2D eigenvalue weighted by atomic mass is 10.2. The fourth-order valence-corrected chi connectivity index (χ4v) is 0.936. The Kier molecular flexibility index (Phi) is 6.17. The number of hydrogen-bond acceptors (Lipinski definition) is 2. The zero-order valence-electron chi connectivity index (χ0n) is 10.4. The third-order valence-corrected chi connectivity index (χ3v) is 1.99. The van der Waals surface area contributed by atoms with Crippen LogP contribution in [0.25, 0.3) is 0 Å². The Hall–Kier alpha value is -1.41. The van der Waals surface area contributed by atoms with Gasteiger partial charge >= 0.3 is 12.1 Å². The van der Waals surface area contributed by atoms with E-state index in [0.717, 1.165) is 0 Å². The first-order chi connectivity index (χ1) is 8.48.